The second-order valence-electron chi connectivity index (χ2n) is 25.9. The molecule has 440 valence electrons. The number of hydrogen-bond donors (Lipinski definition) is 0. The van der Waals surface area contributed by atoms with E-state index in [0.717, 1.165) is 0 Å². The Balaban J connectivity index is 0.602. The molecular weight excluding hydrogens is 1150 g/mol. The van der Waals surface area contributed by atoms with Crippen LogP contribution in [-0.4, -0.2) is 9.13 Å². The first-order valence-electron chi connectivity index (χ1n) is 33.0. The lowest BCUT2D eigenvalue weighted by molar-refractivity contribution is 0.793. The number of fused-ring (bicyclic) bond motifs is 20. The Kier molecular flexibility index (Phi) is 11.7. The van der Waals surface area contributed by atoms with Crippen molar-refractivity contribution in [2.75, 3.05) is 0 Å². The van der Waals surface area contributed by atoms with Crippen LogP contribution in [0.2, 0.25) is 0 Å². The lowest BCUT2D eigenvalue weighted by atomic mass is 9.70. The number of aromatic nitrogens is 2. The molecular formula is C93H58N2. The van der Waals surface area contributed by atoms with Gasteiger partial charge in [-0.2, -0.15) is 0 Å². The molecule has 1 spiro atoms. The quantitative estimate of drug-likeness (QED) is 0.134. The minimum absolute atomic E-state index is 0.483. The van der Waals surface area contributed by atoms with Gasteiger partial charge in [0, 0.05) is 32.3 Å². The van der Waals surface area contributed by atoms with Gasteiger partial charge in [0.05, 0.1) is 38.9 Å². The summed E-state index contributed by atoms with van der Waals surface area (Å²) in [5, 5.41) is 14.9. The van der Waals surface area contributed by atoms with Gasteiger partial charge in [-0.3, -0.25) is 0 Å². The summed E-state index contributed by atoms with van der Waals surface area (Å²) in [5.74, 6) is 0. The Morgan fingerprint density at radius 1 is 0.200 bits per heavy atom. The molecule has 0 radical (unpaired) electrons. The lowest BCUT2D eigenvalue weighted by Crippen LogP contribution is -2.26. The topological polar surface area (TPSA) is 9.86 Å². The van der Waals surface area contributed by atoms with E-state index in [0.29, 0.717) is 0 Å². The van der Waals surface area contributed by atoms with Gasteiger partial charge in [-0.1, -0.05) is 267 Å². The smallest absolute Gasteiger partial charge is 0.0725 e. The van der Waals surface area contributed by atoms with Crippen LogP contribution in [0.4, 0.5) is 0 Å². The van der Waals surface area contributed by atoms with E-state index < -0.39 is 5.41 Å². The fraction of sp³-hybridized carbons (Fsp3) is 0.0108. The first-order valence-corrected chi connectivity index (χ1v) is 33.0. The molecule has 20 rings (SSSR count). The molecule has 0 aliphatic heterocycles. The normalized spacial score (nSPS) is 13.1. The van der Waals surface area contributed by atoms with Gasteiger partial charge >= 0.3 is 0 Å². The average Bonchev–Trinajstić information content (AvgIpc) is 1.51. The van der Waals surface area contributed by atoms with E-state index >= 15 is 0 Å². The van der Waals surface area contributed by atoms with Gasteiger partial charge in [-0.15, -0.1) is 0 Å². The summed E-state index contributed by atoms with van der Waals surface area (Å²) in [6.07, 6.45) is 9.16. The van der Waals surface area contributed by atoms with Gasteiger partial charge in [0.25, 0.3) is 0 Å². The molecule has 0 fully saturated rings. The highest BCUT2D eigenvalue weighted by Gasteiger charge is 2.51. The Morgan fingerprint density at radius 2 is 0.537 bits per heavy atom. The van der Waals surface area contributed by atoms with Crippen molar-refractivity contribution in [3.8, 4) is 55.9 Å². The van der Waals surface area contributed by atoms with Gasteiger partial charge in [0.1, 0.15) is 0 Å². The summed E-state index contributed by atoms with van der Waals surface area (Å²) < 4.78 is 4.87. The fourth-order valence-corrected chi connectivity index (χ4v) is 16.5. The second kappa shape index (κ2) is 20.8. The van der Waals surface area contributed by atoms with Crippen molar-refractivity contribution >= 4 is 111 Å². The van der Waals surface area contributed by atoms with Crippen LogP contribution in [-0.2, 0) is 5.41 Å². The number of rotatable bonds is 8. The highest BCUT2D eigenvalue weighted by molar-refractivity contribution is 6.14. The molecule has 0 saturated heterocycles. The van der Waals surface area contributed by atoms with E-state index in [2.05, 4.69) is 361 Å². The van der Waals surface area contributed by atoms with Gasteiger partial charge < -0.3 is 9.13 Å². The Morgan fingerprint density at radius 3 is 1.02 bits per heavy atom. The van der Waals surface area contributed by atoms with Crippen molar-refractivity contribution in [3.63, 3.8) is 0 Å². The summed E-state index contributed by atoms with van der Waals surface area (Å²) >= 11 is 0. The molecule has 2 aliphatic carbocycles. The summed E-state index contributed by atoms with van der Waals surface area (Å²) in [7, 11) is 0. The van der Waals surface area contributed by atoms with Gasteiger partial charge in [-0.05, 0) is 206 Å². The van der Waals surface area contributed by atoms with Crippen LogP contribution in [0.25, 0.3) is 167 Å². The number of benzene rings is 16. The lowest BCUT2D eigenvalue weighted by Gasteiger charge is -2.30. The molecule has 2 aromatic heterocycles. The van der Waals surface area contributed by atoms with Crippen molar-refractivity contribution in [2.24, 2.45) is 0 Å². The second-order valence-corrected chi connectivity index (χ2v) is 25.9. The van der Waals surface area contributed by atoms with Crippen molar-refractivity contribution in [1.29, 1.82) is 0 Å². The molecule has 0 atom stereocenters. The van der Waals surface area contributed by atoms with Crippen LogP contribution in [0.15, 0.2) is 328 Å². The Hall–Kier alpha value is -12.4. The number of para-hydroxylation sites is 2. The standard InChI is InChI=1S/C93H58N2/c1-3-19-73-63(15-1)17-13-29-87(73)94-89-27-11-7-23-79(89)81-57-71(45-49-91(81)94)69-43-41-65-51-59(35-39-67(65)55-69)31-33-61-37-47-77-78-48-38-62(54-86(78)93(85(77)53-61)83-25-9-5-21-75(83)76-22-6-10-26-84(76)93)34-32-60-36-40-68-56-70(44-42-66(68)52-60)72-46-50-92-82(58-72)80-24-8-12-28-90(80)95(92)88-30-14-18-64-16-2-4-20-74(64)88/h1-58H. The molecule has 2 heterocycles. The third-order valence-corrected chi connectivity index (χ3v) is 20.8. The molecule has 95 heavy (non-hydrogen) atoms. The summed E-state index contributed by atoms with van der Waals surface area (Å²) in [6.45, 7) is 0. The zero-order valence-electron chi connectivity index (χ0n) is 51.9. The Labute approximate surface area is 550 Å². The monoisotopic (exact) mass is 1200 g/mol. The molecule has 0 unspecified atom stereocenters. The molecule has 0 N–H and O–H groups in total. The summed E-state index contributed by atoms with van der Waals surface area (Å²) in [4.78, 5) is 0. The van der Waals surface area contributed by atoms with Crippen molar-refractivity contribution < 1.29 is 0 Å². The van der Waals surface area contributed by atoms with E-state index in [4.69, 9.17) is 0 Å². The van der Waals surface area contributed by atoms with Crippen molar-refractivity contribution in [1.82, 2.24) is 9.13 Å². The summed E-state index contributed by atoms with van der Waals surface area (Å²) in [5.41, 5.74) is 26.8. The average molecular weight is 1200 g/mol. The summed E-state index contributed by atoms with van der Waals surface area (Å²) in [6, 6.07) is 122. The predicted octanol–water partition coefficient (Wildman–Crippen LogP) is 24.5. The largest absolute Gasteiger partial charge is 0.309 e. The van der Waals surface area contributed by atoms with E-state index in [-0.39, 0.29) is 0 Å². The van der Waals surface area contributed by atoms with E-state index in [1.54, 1.807) is 0 Å². The van der Waals surface area contributed by atoms with Crippen LogP contribution in [0, 0.1) is 0 Å². The van der Waals surface area contributed by atoms with Crippen LogP contribution < -0.4 is 0 Å². The predicted molar refractivity (Wildman–Crippen MR) is 403 cm³/mol. The fourth-order valence-electron chi connectivity index (χ4n) is 16.5. The third-order valence-electron chi connectivity index (χ3n) is 20.8. The molecule has 0 amide bonds. The molecule has 16 aromatic carbocycles. The molecule has 2 heteroatoms. The maximum atomic E-state index is 2.47. The SMILES string of the molecule is C(=Cc1ccc2cc(-c3ccc4c(c3)c3ccccc3n4-c3cccc4ccccc34)ccc2c1)c1ccc2c(c1)C1(c3ccccc3-c3ccccc31)c1cc(C=Cc3ccc4cc(-c5ccc6c(c5)c5ccccc5n6-c5cccc6ccccc56)ccc4c3)ccc1-2. The van der Waals surface area contributed by atoms with E-state index in [9.17, 15) is 0 Å². The van der Waals surface area contributed by atoms with Crippen LogP contribution in [0.5, 0.6) is 0 Å². The zero-order valence-corrected chi connectivity index (χ0v) is 51.9. The first-order chi connectivity index (χ1) is 47.1. The van der Waals surface area contributed by atoms with Crippen LogP contribution >= 0.6 is 0 Å². The first kappa shape index (κ1) is 53.3. The highest BCUT2D eigenvalue weighted by Crippen LogP contribution is 2.63. The van der Waals surface area contributed by atoms with Gasteiger partial charge in [0.15, 0.2) is 0 Å². The highest BCUT2D eigenvalue weighted by atomic mass is 15.0. The van der Waals surface area contributed by atoms with Crippen molar-refractivity contribution in [2.45, 2.75) is 5.41 Å². The zero-order chi connectivity index (χ0) is 62.3. The Bertz CT molecular complexity index is 5960. The van der Waals surface area contributed by atoms with E-state index in [1.165, 1.54) is 187 Å². The maximum absolute atomic E-state index is 2.47. The van der Waals surface area contributed by atoms with Crippen LogP contribution in [0.1, 0.15) is 44.5 Å². The molecule has 2 nitrogen and oxygen atoms in total. The van der Waals surface area contributed by atoms with Gasteiger partial charge in [0.2, 0.25) is 0 Å². The third kappa shape index (κ3) is 8.18. The van der Waals surface area contributed by atoms with E-state index in [1.807, 2.05) is 0 Å². The maximum Gasteiger partial charge on any atom is 0.0725 e. The minimum atomic E-state index is -0.483. The van der Waals surface area contributed by atoms with Crippen LogP contribution in [0.3, 0.4) is 0 Å². The van der Waals surface area contributed by atoms with Gasteiger partial charge in [-0.25, -0.2) is 0 Å². The number of hydrogen-bond acceptors (Lipinski definition) is 0. The van der Waals surface area contributed by atoms with Crippen molar-refractivity contribution in [3.05, 3.63) is 372 Å². The minimum Gasteiger partial charge on any atom is -0.309 e. The molecule has 0 bridgehead atoms. The number of nitrogens with zero attached hydrogens (tertiary/aromatic N) is 2. The molecule has 18 aromatic rings. The molecule has 0 saturated carbocycles. The molecule has 2 aliphatic rings.